The molecule has 46 heavy (non-hydrogen) atoms. The van der Waals surface area contributed by atoms with Crippen molar-refractivity contribution in [1.29, 1.82) is 0 Å². The Labute approximate surface area is 276 Å². The van der Waals surface area contributed by atoms with Gasteiger partial charge >= 0.3 is 0 Å². The highest BCUT2D eigenvalue weighted by molar-refractivity contribution is 6.21. The lowest BCUT2D eigenvalue weighted by Gasteiger charge is -2.47. The second kappa shape index (κ2) is 15.5. The van der Waals surface area contributed by atoms with Crippen molar-refractivity contribution in [3.8, 4) is 0 Å². The molecule has 2 aliphatic heterocycles. The zero-order chi connectivity index (χ0) is 32.6. The normalized spacial score (nSPS) is 24.1. The minimum atomic E-state index is -0.544. The van der Waals surface area contributed by atoms with Crippen molar-refractivity contribution in [3.05, 3.63) is 84.0 Å². The van der Waals surface area contributed by atoms with E-state index >= 15 is 0 Å². The van der Waals surface area contributed by atoms with E-state index in [2.05, 4.69) is 67.6 Å². The molecule has 1 saturated heterocycles. The van der Waals surface area contributed by atoms with Gasteiger partial charge in [-0.1, -0.05) is 73.6 Å². The molecule has 2 N–H and O–H groups in total. The van der Waals surface area contributed by atoms with Crippen molar-refractivity contribution < 1.29 is 18.9 Å². The SMILES string of the molecule is C[N+](C)(CCCCCCCN1CCC(C(C(N)=O)(C2C=CC=CC2)C2C=CC=CC2)C1)CCCCN1C(=O)c2ccccc2C1=O. The highest BCUT2D eigenvalue weighted by atomic mass is 16.2. The summed E-state index contributed by atoms with van der Waals surface area (Å²) in [5, 5.41) is 0. The Balaban J connectivity index is 0.977. The van der Waals surface area contributed by atoms with Gasteiger partial charge in [-0.05, 0) is 94.3 Å². The third-order valence-electron chi connectivity index (χ3n) is 11.1. The van der Waals surface area contributed by atoms with Crippen LogP contribution in [0.1, 0.15) is 84.9 Å². The molecular formula is C39H55N4O3+. The Morgan fingerprint density at radius 3 is 1.91 bits per heavy atom. The number of nitrogens with two attached hydrogens (primary N) is 1. The van der Waals surface area contributed by atoms with Crippen molar-refractivity contribution in [3.63, 3.8) is 0 Å². The van der Waals surface area contributed by atoms with Crippen LogP contribution in [0.4, 0.5) is 0 Å². The monoisotopic (exact) mass is 627 g/mol. The highest BCUT2D eigenvalue weighted by Crippen LogP contribution is 2.52. The largest absolute Gasteiger partial charge is 0.369 e. The number of quaternary nitrogens is 1. The summed E-state index contributed by atoms with van der Waals surface area (Å²) in [7, 11) is 4.58. The van der Waals surface area contributed by atoms with Crippen LogP contribution in [0.15, 0.2) is 72.9 Å². The molecule has 0 radical (unpaired) electrons. The van der Waals surface area contributed by atoms with Gasteiger partial charge in [0, 0.05) is 13.1 Å². The molecule has 7 nitrogen and oxygen atoms in total. The Hall–Kier alpha value is -3.29. The quantitative estimate of drug-likeness (QED) is 0.128. The summed E-state index contributed by atoms with van der Waals surface area (Å²) in [5.74, 6) is 0.155. The third-order valence-corrected chi connectivity index (χ3v) is 11.1. The average Bonchev–Trinajstić information content (AvgIpc) is 3.62. The molecular weight excluding hydrogens is 572 g/mol. The van der Waals surface area contributed by atoms with Gasteiger partial charge in [-0.15, -0.1) is 0 Å². The van der Waals surface area contributed by atoms with Crippen molar-refractivity contribution in [1.82, 2.24) is 9.80 Å². The lowest BCUT2D eigenvalue weighted by Crippen LogP contribution is -2.54. The summed E-state index contributed by atoms with van der Waals surface area (Å²) in [6.45, 7) is 5.80. The molecule has 2 aliphatic carbocycles. The second-order valence-corrected chi connectivity index (χ2v) is 14.6. The van der Waals surface area contributed by atoms with Crippen LogP contribution in [0, 0.1) is 23.2 Å². The van der Waals surface area contributed by atoms with Crippen LogP contribution < -0.4 is 5.73 Å². The van der Waals surface area contributed by atoms with Gasteiger partial charge in [-0.3, -0.25) is 19.3 Å². The minimum absolute atomic E-state index is 0.127. The van der Waals surface area contributed by atoms with E-state index < -0.39 is 5.41 Å². The van der Waals surface area contributed by atoms with E-state index in [1.54, 1.807) is 12.1 Å². The van der Waals surface area contributed by atoms with Crippen LogP contribution in [0.2, 0.25) is 0 Å². The molecule has 2 heterocycles. The van der Waals surface area contributed by atoms with Gasteiger partial charge in [0.05, 0.1) is 43.7 Å². The molecule has 1 aromatic carbocycles. The van der Waals surface area contributed by atoms with Crippen LogP contribution in [-0.2, 0) is 4.79 Å². The number of fused-ring (bicyclic) bond motifs is 1. The molecule has 4 aliphatic rings. The van der Waals surface area contributed by atoms with E-state index in [4.69, 9.17) is 5.73 Å². The predicted molar refractivity (Wildman–Crippen MR) is 185 cm³/mol. The van der Waals surface area contributed by atoms with E-state index in [1.165, 1.54) is 37.0 Å². The number of unbranched alkanes of at least 4 members (excludes halogenated alkanes) is 5. The Kier molecular flexibility index (Phi) is 11.5. The predicted octanol–water partition coefficient (Wildman–Crippen LogP) is 6.15. The molecule has 1 fully saturated rings. The average molecular weight is 628 g/mol. The number of likely N-dealkylation sites (tertiary alicyclic amines) is 1. The van der Waals surface area contributed by atoms with Gasteiger partial charge in [-0.2, -0.15) is 0 Å². The maximum Gasteiger partial charge on any atom is 0.261 e. The molecule has 3 unspecified atom stereocenters. The maximum atomic E-state index is 13.4. The lowest BCUT2D eigenvalue weighted by atomic mass is 9.56. The van der Waals surface area contributed by atoms with E-state index in [0.717, 1.165) is 69.3 Å². The number of rotatable bonds is 17. The molecule has 3 atom stereocenters. The van der Waals surface area contributed by atoms with Gasteiger partial charge in [0.2, 0.25) is 5.91 Å². The number of imide groups is 1. The van der Waals surface area contributed by atoms with E-state index in [1.807, 2.05) is 12.1 Å². The fraction of sp³-hybridized carbons (Fsp3) is 0.564. The fourth-order valence-electron chi connectivity index (χ4n) is 8.51. The number of carbonyl (C=O) groups excluding carboxylic acids is 3. The zero-order valence-electron chi connectivity index (χ0n) is 28.1. The molecule has 5 rings (SSSR count). The number of allylic oxidation sites excluding steroid dienone is 8. The highest BCUT2D eigenvalue weighted by Gasteiger charge is 2.54. The maximum absolute atomic E-state index is 13.4. The van der Waals surface area contributed by atoms with Crippen LogP contribution >= 0.6 is 0 Å². The minimum Gasteiger partial charge on any atom is -0.369 e. The van der Waals surface area contributed by atoms with Crippen molar-refractivity contribution in [2.75, 3.05) is 53.4 Å². The van der Waals surface area contributed by atoms with Gasteiger partial charge in [-0.25, -0.2) is 0 Å². The first-order chi connectivity index (χ1) is 22.2. The lowest BCUT2D eigenvalue weighted by molar-refractivity contribution is -0.890. The van der Waals surface area contributed by atoms with Crippen molar-refractivity contribution in [2.24, 2.45) is 28.9 Å². The number of primary amides is 1. The summed E-state index contributed by atoms with van der Waals surface area (Å²) < 4.78 is 0.969. The topological polar surface area (TPSA) is 83.7 Å². The van der Waals surface area contributed by atoms with Gasteiger partial charge < -0.3 is 15.1 Å². The third kappa shape index (κ3) is 7.63. The number of amides is 3. The van der Waals surface area contributed by atoms with Gasteiger partial charge in [0.1, 0.15) is 0 Å². The first kappa shape index (κ1) is 34.1. The zero-order valence-corrected chi connectivity index (χ0v) is 28.1. The Bertz CT molecular complexity index is 1290. The van der Waals surface area contributed by atoms with Crippen LogP contribution in [0.5, 0.6) is 0 Å². The van der Waals surface area contributed by atoms with Gasteiger partial charge in [0.25, 0.3) is 11.8 Å². The summed E-state index contributed by atoms with van der Waals surface area (Å²) in [5.41, 5.74) is 6.87. The Morgan fingerprint density at radius 1 is 0.804 bits per heavy atom. The standard InChI is InChI=1S/C39H54N4O3/c1-43(2,29-17-15-26-42-36(44)34-22-12-13-23-35(34)37(42)45)28-16-5-3-4-14-25-41-27-24-33(30-41)39(38(40)46,31-18-8-6-9-19-31)32-20-10-7-11-21-32/h6-13,18,20,22-23,31-33H,3-5,14-17,19,21,24-30H2,1-2H3,(H-,40,46)/p+1. The molecule has 1 aromatic rings. The summed E-state index contributed by atoms with van der Waals surface area (Å²) in [6.07, 6.45) is 28.0. The molecule has 3 amide bonds. The second-order valence-electron chi connectivity index (χ2n) is 14.6. The number of nitrogens with zero attached hydrogens (tertiary/aromatic N) is 3. The first-order valence-electron chi connectivity index (χ1n) is 17.7. The van der Waals surface area contributed by atoms with E-state index in [-0.39, 0.29) is 35.5 Å². The van der Waals surface area contributed by atoms with E-state index in [9.17, 15) is 14.4 Å². The molecule has 0 aromatic heterocycles. The van der Waals surface area contributed by atoms with Crippen molar-refractivity contribution >= 4 is 17.7 Å². The summed E-state index contributed by atoms with van der Waals surface area (Å²) in [6, 6.07) is 7.12. The molecule has 248 valence electrons. The summed E-state index contributed by atoms with van der Waals surface area (Å²) in [4.78, 5) is 42.6. The summed E-state index contributed by atoms with van der Waals surface area (Å²) >= 11 is 0. The fourth-order valence-corrected chi connectivity index (χ4v) is 8.51. The number of carbonyl (C=O) groups is 3. The number of benzene rings is 1. The smallest absolute Gasteiger partial charge is 0.261 e. The molecule has 0 bridgehead atoms. The van der Waals surface area contributed by atoms with Crippen LogP contribution in [-0.4, -0.2) is 85.4 Å². The number of hydrogen-bond acceptors (Lipinski definition) is 4. The number of hydrogen-bond donors (Lipinski definition) is 1. The van der Waals surface area contributed by atoms with E-state index in [0.29, 0.717) is 17.7 Å². The molecule has 0 spiro atoms. The Morgan fingerprint density at radius 2 is 1.35 bits per heavy atom. The van der Waals surface area contributed by atoms with Crippen molar-refractivity contribution in [2.45, 2.75) is 64.2 Å². The van der Waals surface area contributed by atoms with Gasteiger partial charge in [0.15, 0.2) is 0 Å². The molecule has 7 heteroatoms. The first-order valence-corrected chi connectivity index (χ1v) is 17.7. The molecule has 0 saturated carbocycles. The van der Waals surface area contributed by atoms with Crippen LogP contribution in [0.3, 0.4) is 0 Å². The van der Waals surface area contributed by atoms with Crippen LogP contribution in [0.25, 0.3) is 0 Å².